The van der Waals surface area contributed by atoms with Gasteiger partial charge in [0.15, 0.2) is 0 Å². The summed E-state index contributed by atoms with van der Waals surface area (Å²) in [6.45, 7) is 0.560. The minimum Gasteiger partial charge on any atom is -0.390 e. The molecule has 0 saturated heterocycles. The predicted molar refractivity (Wildman–Crippen MR) is 87.3 cm³/mol. The number of aliphatic hydroxyl groups is 2. The average molecular weight is 344 g/mol. The third-order valence-corrected chi connectivity index (χ3v) is 3.58. The highest BCUT2D eigenvalue weighted by Crippen LogP contribution is 2.06. The van der Waals surface area contributed by atoms with Gasteiger partial charge in [-0.05, 0) is 18.4 Å². The Morgan fingerprint density at radius 1 is 1.13 bits per heavy atom. The molecule has 0 aliphatic rings. The summed E-state index contributed by atoms with van der Waals surface area (Å²) >= 11 is 0. The van der Waals surface area contributed by atoms with E-state index in [2.05, 4.69) is 4.18 Å². The Bertz CT molecular complexity index is 555. The SMILES string of the molecule is CS(=O)(=O)OC[C@H](O)[C@H](O)CC/C=C/COCc1ccccc1. The van der Waals surface area contributed by atoms with E-state index >= 15 is 0 Å². The van der Waals surface area contributed by atoms with Crippen LogP contribution in [0.4, 0.5) is 0 Å². The quantitative estimate of drug-likeness (QED) is 0.356. The summed E-state index contributed by atoms with van der Waals surface area (Å²) in [6.07, 6.45) is 3.17. The largest absolute Gasteiger partial charge is 0.390 e. The molecule has 2 atom stereocenters. The van der Waals surface area contributed by atoms with Crippen LogP contribution in [0.2, 0.25) is 0 Å². The van der Waals surface area contributed by atoms with Crippen LogP contribution in [0, 0.1) is 0 Å². The van der Waals surface area contributed by atoms with Crippen LogP contribution in [0.15, 0.2) is 42.5 Å². The fourth-order valence-electron chi connectivity index (χ4n) is 1.77. The fourth-order valence-corrected chi connectivity index (χ4v) is 2.16. The van der Waals surface area contributed by atoms with Gasteiger partial charge in [0.2, 0.25) is 0 Å². The summed E-state index contributed by atoms with van der Waals surface area (Å²) in [5, 5.41) is 19.2. The number of rotatable bonds is 11. The van der Waals surface area contributed by atoms with Crippen molar-refractivity contribution in [3.05, 3.63) is 48.0 Å². The summed E-state index contributed by atoms with van der Waals surface area (Å²) in [4.78, 5) is 0. The van der Waals surface area contributed by atoms with Crippen molar-refractivity contribution in [2.45, 2.75) is 31.7 Å². The molecule has 2 N–H and O–H groups in total. The van der Waals surface area contributed by atoms with Crippen LogP contribution in [0.5, 0.6) is 0 Å². The van der Waals surface area contributed by atoms with Gasteiger partial charge in [0.05, 0.1) is 32.2 Å². The van der Waals surface area contributed by atoms with Gasteiger partial charge in [-0.15, -0.1) is 0 Å². The van der Waals surface area contributed by atoms with Gasteiger partial charge in [-0.1, -0.05) is 42.5 Å². The van der Waals surface area contributed by atoms with E-state index in [9.17, 15) is 18.6 Å². The zero-order valence-electron chi connectivity index (χ0n) is 13.2. The Labute approximate surface area is 137 Å². The molecule has 0 amide bonds. The molecule has 7 heteroatoms. The highest BCUT2D eigenvalue weighted by atomic mass is 32.2. The maximum Gasteiger partial charge on any atom is 0.264 e. The Hall–Kier alpha value is -1.25. The van der Waals surface area contributed by atoms with Crippen molar-refractivity contribution in [2.75, 3.05) is 19.5 Å². The van der Waals surface area contributed by atoms with Crippen molar-refractivity contribution in [2.24, 2.45) is 0 Å². The van der Waals surface area contributed by atoms with Gasteiger partial charge in [0.1, 0.15) is 6.10 Å². The number of ether oxygens (including phenoxy) is 1. The van der Waals surface area contributed by atoms with E-state index in [0.717, 1.165) is 11.8 Å². The Morgan fingerprint density at radius 3 is 2.48 bits per heavy atom. The van der Waals surface area contributed by atoms with Crippen molar-refractivity contribution in [3.8, 4) is 0 Å². The molecule has 0 heterocycles. The molecule has 1 aromatic carbocycles. The first-order valence-corrected chi connectivity index (χ1v) is 9.17. The van der Waals surface area contributed by atoms with Gasteiger partial charge in [-0.3, -0.25) is 4.18 Å². The number of allylic oxidation sites excluding steroid dienone is 1. The summed E-state index contributed by atoms with van der Waals surface area (Å²) in [7, 11) is -3.61. The Balaban J connectivity index is 2.10. The van der Waals surface area contributed by atoms with Gasteiger partial charge in [0, 0.05) is 0 Å². The molecule has 0 radical (unpaired) electrons. The van der Waals surface area contributed by atoms with E-state index in [0.29, 0.717) is 26.1 Å². The number of hydrogen-bond donors (Lipinski definition) is 2. The molecule has 1 rings (SSSR count). The first kappa shape index (κ1) is 19.8. The Morgan fingerprint density at radius 2 is 1.83 bits per heavy atom. The molecule has 1 aromatic rings. The second-order valence-corrected chi connectivity index (χ2v) is 6.82. The van der Waals surface area contributed by atoms with Crippen LogP contribution < -0.4 is 0 Å². The van der Waals surface area contributed by atoms with Crippen molar-refractivity contribution in [1.29, 1.82) is 0 Å². The van der Waals surface area contributed by atoms with Gasteiger partial charge < -0.3 is 14.9 Å². The van der Waals surface area contributed by atoms with Gasteiger partial charge in [0.25, 0.3) is 10.1 Å². The summed E-state index contributed by atoms with van der Waals surface area (Å²) in [6, 6.07) is 9.83. The molecule has 6 nitrogen and oxygen atoms in total. The van der Waals surface area contributed by atoms with Crippen molar-refractivity contribution in [3.63, 3.8) is 0 Å². The molecular weight excluding hydrogens is 320 g/mol. The molecule has 130 valence electrons. The summed E-state index contributed by atoms with van der Waals surface area (Å²) < 4.78 is 31.5. The lowest BCUT2D eigenvalue weighted by molar-refractivity contribution is -0.00945. The van der Waals surface area contributed by atoms with Crippen molar-refractivity contribution in [1.82, 2.24) is 0 Å². The Kier molecular flexibility index (Phi) is 9.05. The number of benzene rings is 1. The topological polar surface area (TPSA) is 93.1 Å². The van der Waals surface area contributed by atoms with E-state index in [1.165, 1.54) is 0 Å². The summed E-state index contributed by atoms with van der Waals surface area (Å²) in [5.74, 6) is 0. The van der Waals surface area contributed by atoms with Gasteiger partial charge in [-0.25, -0.2) is 0 Å². The molecule has 23 heavy (non-hydrogen) atoms. The maximum atomic E-state index is 10.8. The molecule has 0 unspecified atom stereocenters. The highest BCUT2D eigenvalue weighted by Gasteiger charge is 2.17. The number of hydrogen-bond acceptors (Lipinski definition) is 6. The lowest BCUT2D eigenvalue weighted by Gasteiger charge is -2.16. The summed E-state index contributed by atoms with van der Waals surface area (Å²) in [5.41, 5.74) is 1.10. The normalized spacial score (nSPS) is 14.9. The van der Waals surface area contributed by atoms with E-state index < -0.39 is 28.9 Å². The smallest absolute Gasteiger partial charge is 0.264 e. The van der Waals surface area contributed by atoms with Crippen molar-refractivity contribution < 1.29 is 27.6 Å². The lowest BCUT2D eigenvalue weighted by atomic mass is 10.1. The van der Waals surface area contributed by atoms with Crippen LogP contribution in [0.3, 0.4) is 0 Å². The third-order valence-electron chi connectivity index (χ3n) is 3.02. The van der Waals surface area contributed by atoms with Crippen LogP contribution in [0.25, 0.3) is 0 Å². The van der Waals surface area contributed by atoms with Gasteiger partial charge in [-0.2, -0.15) is 8.42 Å². The molecule has 0 spiro atoms. The second-order valence-electron chi connectivity index (χ2n) is 5.17. The van der Waals surface area contributed by atoms with Crippen LogP contribution >= 0.6 is 0 Å². The molecule has 0 aliphatic heterocycles. The zero-order chi connectivity index (χ0) is 17.1. The molecule has 0 aliphatic carbocycles. The molecule has 0 bridgehead atoms. The van der Waals surface area contributed by atoms with Crippen LogP contribution in [-0.4, -0.2) is 50.3 Å². The maximum absolute atomic E-state index is 10.8. The lowest BCUT2D eigenvalue weighted by Crippen LogP contribution is -2.31. The van der Waals surface area contributed by atoms with E-state index in [1.54, 1.807) is 0 Å². The average Bonchev–Trinajstić information content (AvgIpc) is 2.51. The molecule has 0 fully saturated rings. The fraction of sp³-hybridized carbons (Fsp3) is 0.500. The second kappa shape index (κ2) is 10.5. The van der Waals surface area contributed by atoms with E-state index in [4.69, 9.17) is 4.74 Å². The molecule has 0 aromatic heterocycles. The molecular formula is C16H24O6S. The number of aliphatic hydroxyl groups excluding tert-OH is 2. The molecule has 0 saturated carbocycles. The highest BCUT2D eigenvalue weighted by molar-refractivity contribution is 7.85. The first-order valence-electron chi connectivity index (χ1n) is 7.35. The van der Waals surface area contributed by atoms with Gasteiger partial charge >= 0.3 is 0 Å². The minimum absolute atomic E-state index is 0.309. The standard InChI is InChI=1S/C16H24O6S/c1-23(19,20)22-13-16(18)15(17)10-6-3-7-11-21-12-14-8-4-2-5-9-14/h2-5,7-9,15-18H,6,10-13H2,1H3/b7-3+/t15-,16+/m1/s1. The monoisotopic (exact) mass is 344 g/mol. The first-order chi connectivity index (χ1) is 10.9. The van der Waals surface area contributed by atoms with E-state index in [1.807, 2.05) is 42.5 Å². The van der Waals surface area contributed by atoms with Crippen LogP contribution in [0.1, 0.15) is 18.4 Å². The third kappa shape index (κ3) is 10.2. The zero-order valence-corrected chi connectivity index (χ0v) is 14.0. The van der Waals surface area contributed by atoms with Crippen molar-refractivity contribution >= 4 is 10.1 Å². The predicted octanol–water partition coefficient (Wildman–Crippen LogP) is 1.24. The van der Waals surface area contributed by atoms with E-state index in [-0.39, 0.29) is 0 Å². The van der Waals surface area contributed by atoms with Crippen LogP contribution in [-0.2, 0) is 25.6 Å². The minimum atomic E-state index is -3.61.